The fraction of sp³-hybridized carbons (Fsp3) is 0.909. The molecule has 0 aromatic carbocycles. The number of alkyl halides is 3. The summed E-state index contributed by atoms with van der Waals surface area (Å²) in [7, 11) is 1.49. The Bertz CT molecular complexity index is 271. The highest BCUT2D eigenvalue weighted by Gasteiger charge is 2.43. The molecule has 1 amide bonds. The van der Waals surface area contributed by atoms with Crippen molar-refractivity contribution in [2.24, 2.45) is 11.8 Å². The molecule has 106 valence electrons. The van der Waals surface area contributed by atoms with Gasteiger partial charge in [0.1, 0.15) is 0 Å². The molecule has 0 saturated heterocycles. The Morgan fingerprint density at radius 1 is 1.33 bits per heavy atom. The van der Waals surface area contributed by atoms with Gasteiger partial charge < -0.3 is 4.74 Å². The number of carbonyl (C=O) groups is 1. The topological polar surface area (TPSA) is 47.6 Å². The van der Waals surface area contributed by atoms with Crippen LogP contribution in [0.25, 0.3) is 0 Å². The van der Waals surface area contributed by atoms with E-state index in [0.717, 1.165) is 0 Å². The molecule has 0 aromatic rings. The molecule has 1 aliphatic rings. The first-order chi connectivity index (χ1) is 8.45. The zero-order chi connectivity index (χ0) is 13.6. The van der Waals surface area contributed by atoms with Crippen molar-refractivity contribution in [2.45, 2.75) is 31.9 Å². The number of hydrogen-bond donors (Lipinski definition) is 1. The molecular formula is C11H18F3NO3. The van der Waals surface area contributed by atoms with Crippen LogP contribution in [0.2, 0.25) is 0 Å². The maximum Gasteiger partial charge on any atom is 0.391 e. The van der Waals surface area contributed by atoms with Gasteiger partial charge in [-0.1, -0.05) is 6.42 Å². The van der Waals surface area contributed by atoms with Crippen LogP contribution in [-0.4, -0.2) is 32.4 Å². The van der Waals surface area contributed by atoms with Crippen LogP contribution < -0.4 is 5.48 Å². The van der Waals surface area contributed by atoms with Crippen LogP contribution in [-0.2, 0) is 14.4 Å². The largest absolute Gasteiger partial charge is 0.391 e. The maximum absolute atomic E-state index is 12.6. The second-order valence-electron chi connectivity index (χ2n) is 4.41. The van der Waals surface area contributed by atoms with Crippen molar-refractivity contribution >= 4 is 5.91 Å². The standard InChI is InChI=1S/C11H18F3NO3/c1-17-5-6-18-15-10(16)8-3-2-4-9(7-8)11(12,13)14/h8-9H,2-7H2,1H3,(H,15,16). The van der Waals surface area contributed by atoms with Gasteiger partial charge in [0.2, 0.25) is 5.91 Å². The number of nitrogens with one attached hydrogen (secondary N) is 1. The van der Waals surface area contributed by atoms with Gasteiger partial charge in [-0.25, -0.2) is 5.48 Å². The second-order valence-corrected chi connectivity index (χ2v) is 4.41. The average molecular weight is 269 g/mol. The van der Waals surface area contributed by atoms with Crippen molar-refractivity contribution < 1.29 is 27.5 Å². The minimum atomic E-state index is -4.21. The smallest absolute Gasteiger partial charge is 0.382 e. The van der Waals surface area contributed by atoms with Crippen molar-refractivity contribution in [1.29, 1.82) is 0 Å². The molecule has 0 heterocycles. The predicted molar refractivity (Wildman–Crippen MR) is 57.5 cm³/mol. The third-order valence-corrected chi connectivity index (χ3v) is 3.07. The highest BCUT2D eigenvalue weighted by Crippen LogP contribution is 2.39. The Hall–Kier alpha value is -0.820. The molecule has 1 N–H and O–H groups in total. The number of carbonyl (C=O) groups excluding carboxylic acids is 1. The minimum absolute atomic E-state index is 0.109. The van der Waals surface area contributed by atoms with Crippen LogP contribution in [0.1, 0.15) is 25.7 Å². The Morgan fingerprint density at radius 3 is 2.67 bits per heavy atom. The Balaban J connectivity index is 2.34. The fourth-order valence-corrected chi connectivity index (χ4v) is 2.06. The van der Waals surface area contributed by atoms with Crippen LogP contribution in [0, 0.1) is 11.8 Å². The minimum Gasteiger partial charge on any atom is -0.382 e. The highest BCUT2D eigenvalue weighted by atomic mass is 19.4. The van der Waals surface area contributed by atoms with Gasteiger partial charge in [-0.15, -0.1) is 0 Å². The first-order valence-corrected chi connectivity index (χ1v) is 5.92. The van der Waals surface area contributed by atoms with Gasteiger partial charge in [0.25, 0.3) is 0 Å². The summed E-state index contributed by atoms with van der Waals surface area (Å²) in [5.41, 5.74) is 2.17. The third kappa shape index (κ3) is 4.81. The molecule has 0 aliphatic heterocycles. The fourth-order valence-electron chi connectivity index (χ4n) is 2.06. The molecule has 4 nitrogen and oxygen atoms in total. The van der Waals surface area contributed by atoms with Gasteiger partial charge in [0, 0.05) is 13.0 Å². The summed E-state index contributed by atoms with van der Waals surface area (Å²) < 4.78 is 42.4. The Morgan fingerprint density at radius 2 is 2.06 bits per heavy atom. The van der Waals surface area contributed by atoms with E-state index in [1.54, 1.807) is 0 Å². The van der Waals surface area contributed by atoms with E-state index in [2.05, 4.69) is 5.48 Å². The predicted octanol–water partition coefficient (Wildman–Crippen LogP) is 2.05. The van der Waals surface area contributed by atoms with Crippen LogP contribution >= 0.6 is 0 Å². The maximum atomic E-state index is 12.6. The summed E-state index contributed by atoms with van der Waals surface area (Å²) in [5.74, 6) is -2.46. The van der Waals surface area contributed by atoms with Crippen molar-refractivity contribution in [3.8, 4) is 0 Å². The van der Waals surface area contributed by atoms with E-state index in [0.29, 0.717) is 19.4 Å². The van der Waals surface area contributed by atoms with Crippen LogP contribution in [0.5, 0.6) is 0 Å². The molecule has 0 bridgehead atoms. The first-order valence-electron chi connectivity index (χ1n) is 5.92. The SMILES string of the molecule is COCCONC(=O)C1CCCC(C(F)(F)F)C1. The van der Waals surface area contributed by atoms with Crippen LogP contribution in [0.15, 0.2) is 0 Å². The summed E-state index contributed by atoms with van der Waals surface area (Å²) in [6, 6.07) is 0. The lowest BCUT2D eigenvalue weighted by molar-refractivity contribution is -0.187. The van der Waals surface area contributed by atoms with E-state index in [-0.39, 0.29) is 19.4 Å². The molecule has 1 fully saturated rings. The number of methoxy groups -OCH3 is 1. The lowest BCUT2D eigenvalue weighted by atomic mass is 9.81. The van der Waals surface area contributed by atoms with Crippen molar-refractivity contribution in [3.63, 3.8) is 0 Å². The number of rotatable bonds is 5. The second kappa shape index (κ2) is 6.94. The molecule has 1 rings (SSSR count). The highest BCUT2D eigenvalue weighted by molar-refractivity contribution is 5.77. The van der Waals surface area contributed by atoms with E-state index in [9.17, 15) is 18.0 Å². The van der Waals surface area contributed by atoms with Crippen molar-refractivity contribution in [1.82, 2.24) is 5.48 Å². The van der Waals surface area contributed by atoms with Gasteiger partial charge >= 0.3 is 6.18 Å². The monoisotopic (exact) mass is 269 g/mol. The zero-order valence-electron chi connectivity index (χ0n) is 10.3. The normalized spacial score (nSPS) is 24.9. The van der Waals surface area contributed by atoms with Crippen molar-refractivity contribution in [2.75, 3.05) is 20.3 Å². The molecule has 2 unspecified atom stereocenters. The molecule has 7 heteroatoms. The first kappa shape index (κ1) is 15.2. The van der Waals surface area contributed by atoms with E-state index in [1.807, 2.05) is 0 Å². The van der Waals surface area contributed by atoms with E-state index < -0.39 is 23.9 Å². The summed E-state index contributed by atoms with van der Waals surface area (Å²) >= 11 is 0. The van der Waals surface area contributed by atoms with E-state index in [4.69, 9.17) is 9.57 Å². The number of amides is 1. The molecule has 0 spiro atoms. The van der Waals surface area contributed by atoms with Crippen molar-refractivity contribution in [3.05, 3.63) is 0 Å². The molecular weight excluding hydrogens is 251 g/mol. The van der Waals surface area contributed by atoms with E-state index in [1.165, 1.54) is 7.11 Å². The molecule has 18 heavy (non-hydrogen) atoms. The van der Waals surface area contributed by atoms with Gasteiger partial charge in [-0.2, -0.15) is 13.2 Å². The summed E-state index contributed by atoms with van der Waals surface area (Å²) in [6.45, 7) is 0.494. The van der Waals surface area contributed by atoms with Gasteiger partial charge in [-0.3, -0.25) is 9.63 Å². The number of halogens is 3. The lowest BCUT2D eigenvalue weighted by Gasteiger charge is -2.29. The third-order valence-electron chi connectivity index (χ3n) is 3.07. The molecule has 0 radical (unpaired) electrons. The van der Waals surface area contributed by atoms with Gasteiger partial charge in [0.05, 0.1) is 19.1 Å². The average Bonchev–Trinajstić information content (AvgIpc) is 2.33. The summed E-state index contributed by atoms with van der Waals surface area (Å²) in [4.78, 5) is 16.4. The number of hydrogen-bond acceptors (Lipinski definition) is 3. The van der Waals surface area contributed by atoms with Crippen LogP contribution in [0.3, 0.4) is 0 Å². The lowest BCUT2D eigenvalue weighted by Crippen LogP contribution is -2.37. The molecule has 0 aromatic heterocycles. The zero-order valence-corrected chi connectivity index (χ0v) is 10.3. The van der Waals surface area contributed by atoms with E-state index >= 15 is 0 Å². The molecule has 1 aliphatic carbocycles. The van der Waals surface area contributed by atoms with Crippen LogP contribution in [0.4, 0.5) is 13.2 Å². The Labute approximate surface area is 104 Å². The summed E-state index contributed by atoms with van der Waals surface area (Å²) in [5, 5.41) is 0. The Kier molecular flexibility index (Phi) is 5.87. The summed E-state index contributed by atoms with van der Waals surface area (Å²) in [6.07, 6.45) is -3.36. The molecule has 1 saturated carbocycles. The number of hydroxylamine groups is 1. The quantitative estimate of drug-likeness (QED) is 0.614. The molecule has 2 atom stereocenters. The van der Waals surface area contributed by atoms with Gasteiger partial charge in [-0.05, 0) is 19.3 Å². The van der Waals surface area contributed by atoms with Gasteiger partial charge in [0.15, 0.2) is 0 Å². The number of ether oxygens (including phenoxy) is 1.